The molecule has 2 atom stereocenters. The van der Waals surface area contributed by atoms with Crippen LogP contribution in [0, 0.1) is 11.8 Å². The molecule has 2 fully saturated rings. The van der Waals surface area contributed by atoms with E-state index in [1.54, 1.807) is 0 Å². The summed E-state index contributed by atoms with van der Waals surface area (Å²) >= 11 is 0. The molecule has 3 rings (SSSR count). The highest BCUT2D eigenvalue weighted by molar-refractivity contribution is 4.99. The van der Waals surface area contributed by atoms with E-state index in [1.165, 1.54) is 51.4 Å². The number of hydrogen-bond acceptors (Lipinski definition) is 4. The lowest BCUT2D eigenvalue weighted by Gasteiger charge is -2.30. The summed E-state index contributed by atoms with van der Waals surface area (Å²) in [6.07, 6.45) is 11.2. The topological polar surface area (TPSA) is 51.0 Å². The summed E-state index contributed by atoms with van der Waals surface area (Å²) in [7, 11) is 2.07. The number of aromatic nitrogens is 2. The van der Waals surface area contributed by atoms with Gasteiger partial charge in [-0.2, -0.15) is 4.98 Å². The monoisotopic (exact) mass is 291 g/mol. The van der Waals surface area contributed by atoms with Crippen LogP contribution in [-0.2, 0) is 6.42 Å². The molecule has 1 aromatic heterocycles. The number of nitrogens with one attached hydrogen (secondary N) is 1. The second-order valence-corrected chi connectivity index (χ2v) is 7.15. The molecule has 118 valence electrons. The Bertz CT molecular complexity index is 437. The highest BCUT2D eigenvalue weighted by Gasteiger charge is 2.28. The van der Waals surface area contributed by atoms with Gasteiger partial charge in [0.15, 0.2) is 5.82 Å². The Morgan fingerprint density at radius 1 is 1.10 bits per heavy atom. The van der Waals surface area contributed by atoms with E-state index in [0.717, 1.165) is 24.1 Å². The van der Waals surface area contributed by atoms with Crippen LogP contribution in [-0.4, -0.2) is 23.2 Å². The van der Waals surface area contributed by atoms with Crippen LogP contribution in [0.25, 0.3) is 0 Å². The van der Waals surface area contributed by atoms with Crippen molar-refractivity contribution in [2.24, 2.45) is 11.8 Å². The van der Waals surface area contributed by atoms with Gasteiger partial charge in [-0.05, 0) is 44.6 Å². The minimum absolute atomic E-state index is 0.533. The zero-order valence-electron chi connectivity index (χ0n) is 13.5. The summed E-state index contributed by atoms with van der Waals surface area (Å²) in [6.45, 7) is 2.35. The predicted octanol–water partition coefficient (Wildman–Crippen LogP) is 3.68. The number of rotatable bonds is 4. The Hall–Kier alpha value is -0.900. The maximum atomic E-state index is 5.55. The van der Waals surface area contributed by atoms with Gasteiger partial charge in [0, 0.05) is 18.4 Å². The maximum Gasteiger partial charge on any atom is 0.226 e. The third kappa shape index (κ3) is 3.65. The van der Waals surface area contributed by atoms with Crippen molar-refractivity contribution in [2.75, 3.05) is 7.05 Å². The van der Waals surface area contributed by atoms with E-state index in [1.807, 2.05) is 0 Å². The standard InChI is InChI=1S/C17H29N3O/c1-12-7-9-13(10-8-12)17-19-16(21-20-17)11-14-5-3-4-6-15(14)18-2/h12-15,18H,3-11H2,1-2H3. The first-order valence-corrected chi connectivity index (χ1v) is 8.76. The molecule has 1 N–H and O–H groups in total. The van der Waals surface area contributed by atoms with Crippen molar-refractivity contribution in [1.29, 1.82) is 0 Å². The van der Waals surface area contributed by atoms with Crippen LogP contribution < -0.4 is 5.32 Å². The Labute approximate surface area is 128 Å². The maximum absolute atomic E-state index is 5.55. The van der Waals surface area contributed by atoms with Gasteiger partial charge in [0.2, 0.25) is 5.89 Å². The third-order valence-corrected chi connectivity index (χ3v) is 5.58. The largest absolute Gasteiger partial charge is 0.339 e. The zero-order valence-corrected chi connectivity index (χ0v) is 13.5. The molecule has 0 aromatic carbocycles. The second kappa shape index (κ2) is 6.91. The molecule has 0 aliphatic heterocycles. The molecule has 0 saturated heterocycles. The lowest BCUT2D eigenvalue weighted by Crippen LogP contribution is -2.37. The highest BCUT2D eigenvalue weighted by atomic mass is 16.5. The minimum atomic E-state index is 0.533. The summed E-state index contributed by atoms with van der Waals surface area (Å²) in [4.78, 5) is 4.72. The lowest BCUT2D eigenvalue weighted by molar-refractivity contribution is 0.248. The van der Waals surface area contributed by atoms with E-state index in [2.05, 4.69) is 24.4 Å². The molecule has 1 aromatic rings. The normalized spacial score (nSPS) is 34.0. The van der Waals surface area contributed by atoms with E-state index in [9.17, 15) is 0 Å². The molecule has 0 bridgehead atoms. The van der Waals surface area contributed by atoms with Gasteiger partial charge in [-0.15, -0.1) is 0 Å². The van der Waals surface area contributed by atoms with Crippen LogP contribution in [0.3, 0.4) is 0 Å². The smallest absolute Gasteiger partial charge is 0.226 e. The van der Waals surface area contributed by atoms with E-state index in [0.29, 0.717) is 17.9 Å². The Morgan fingerprint density at radius 3 is 2.62 bits per heavy atom. The van der Waals surface area contributed by atoms with E-state index in [-0.39, 0.29) is 0 Å². The molecule has 21 heavy (non-hydrogen) atoms. The quantitative estimate of drug-likeness (QED) is 0.919. The number of nitrogens with zero attached hydrogens (tertiary/aromatic N) is 2. The second-order valence-electron chi connectivity index (χ2n) is 7.15. The summed E-state index contributed by atoms with van der Waals surface area (Å²) < 4.78 is 5.55. The molecule has 1 heterocycles. The first-order valence-electron chi connectivity index (χ1n) is 8.76. The summed E-state index contributed by atoms with van der Waals surface area (Å²) in [6, 6.07) is 0.615. The molecule has 4 nitrogen and oxygen atoms in total. The zero-order chi connectivity index (χ0) is 14.7. The molecular weight excluding hydrogens is 262 g/mol. The van der Waals surface area contributed by atoms with Gasteiger partial charge in [-0.25, -0.2) is 0 Å². The molecule has 0 radical (unpaired) electrons. The SMILES string of the molecule is CNC1CCCCC1Cc1nc(C2CCC(C)CC2)no1. The van der Waals surface area contributed by atoms with Crippen LogP contribution in [0.1, 0.15) is 75.9 Å². The van der Waals surface area contributed by atoms with Gasteiger partial charge < -0.3 is 9.84 Å². The highest BCUT2D eigenvalue weighted by Crippen LogP contribution is 2.34. The molecule has 2 aliphatic rings. The van der Waals surface area contributed by atoms with Crippen molar-refractivity contribution in [3.8, 4) is 0 Å². The fourth-order valence-corrected chi connectivity index (χ4v) is 4.09. The van der Waals surface area contributed by atoms with Gasteiger partial charge in [0.1, 0.15) is 0 Å². The van der Waals surface area contributed by atoms with Crippen LogP contribution >= 0.6 is 0 Å². The molecular formula is C17H29N3O. The number of hydrogen-bond donors (Lipinski definition) is 1. The molecule has 0 amide bonds. The Kier molecular flexibility index (Phi) is 4.94. The lowest BCUT2D eigenvalue weighted by atomic mass is 9.82. The first kappa shape index (κ1) is 15.0. The third-order valence-electron chi connectivity index (χ3n) is 5.58. The summed E-state index contributed by atoms with van der Waals surface area (Å²) in [5.41, 5.74) is 0. The van der Waals surface area contributed by atoms with Crippen LogP contribution in [0.5, 0.6) is 0 Å². The fraction of sp³-hybridized carbons (Fsp3) is 0.882. The molecule has 2 aliphatic carbocycles. The van der Waals surface area contributed by atoms with Crippen molar-refractivity contribution in [2.45, 2.75) is 76.7 Å². The summed E-state index contributed by atoms with van der Waals surface area (Å²) in [5.74, 6) is 3.88. The van der Waals surface area contributed by atoms with E-state index >= 15 is 0 Å². The van der Waals surface area contributed by atoms with Gasteiger partial charge in [-0.1, -0.05) is 37.8 Å². The van der Waals surface area contributed by atoms with Crippen LogP contribution in [0.15, 0.2) is 4.52 Å². The van der Waals surface area contributed by atoms with Gasteiger partial charge >= 0.3 is 0 Å². The Balaban J connectivity index is 1.59. The van der Waals surface area contributed by atoms with Crippen molar-refractivity contribution in [3.05, 3.63) is 11.7 Å². The van der Waals surface area contributed by atoms with E-state index < -0.39 is 0 Å². The average Bonchev–Trinajstić information content (AvgIpc) is 2.97. The average molecular weight is 291 g/mol. The van der Waals surface area contributed by atoms with Gasteiger partial charge in [-0.3, -0.25) is 0 Å². The predicted molar refractivity (Wildman–Crippen MR) is 83.2 cm³/mol. The van der Waals surface area contributed by atoms with Crippen LogP contribution in [0.2, 0.25) is 0 Å². The molecule has 4 heteroatoms. The van der Waals surface area contributed by atoms with Crippen molar-refractivity contribution in [1.82, 2.24) is 15.5 Å². The minimum Gasteiger partial charge on any atom is -0.339 e. The molecule has 0 spiro atoms. The van der Waals surface area contributed by atoms with Crippen molar-refractivity contribution >= 4 is 0 Å². The van der Waals surface area contributed by atoms with Gasteiger partial charge in [0.25, 0.3) is 0 Å². The molecule has 2 unspecified atom stereocenters. The van der Waals surface area contributed by atoms with Gasteiger partial charge in [0.05, 0.1) is 0 Å². The Morgan fingerprint density at radius 2 is 1.86 bits per heavy atom. The summed E-state index contributed by atoms with van der Waals surface area (Å²) in [5, 5.41) is 7.73. The molecule has 2 saturated carbocycles. The fourth-order valence-electron chi connectivity index (χ4n) is 4.09. The van der Waals surface area contributed by atoms with Crippen LogP contribution in [0.4, 0.5) is 0 Å². The van der Waals surface area contributed by atoms with E-state index in [4.69, 9.17) is 9.51 Å². The van der Waals surface area contributed by atoms with Crippen molar-refractivity contribution in [3.63, 3.8) is 0 Å². The first-order chi connectivity index (χ1) is 10.3. The van der Waals surface area contributed by atoms with Crippen molar-refractivity contribution < 1.29 is 4.52 Å².